The number of rotatable bonds is 5. The van der Waals surface area contributed by atoms with E-state index in [0.29, 0.717) is 0 Å². The summed E-state index contributed by atoms with van der Waals surface area (Å²) in [5.41, 5.74) is 8.46. The average molecular weight is 388 g/mol. The van der Waals surface area contributed by atoms with E-state index in [1.807, 2.05) is 7.05 Å². The molecule has 4 aromatic rings. The van der Waals surface area contributed by atoms with E-state index >= 15 is 0 Å². The van der Waals surface area contributed by atoms with Crippen molar-refractivity contribution in [3.05, 3.63) is 71.8 Å². The molecule has 1 N–H and O–H groups in total. The van der Waals surface area contributed by atoms with Crippen molar-refractivity contribution in [2.45, 2.75) is 32.2 Å². The molecule has 4 rings (SSSR count). The molecule has 0 atom stereocenters. The van der Waals surface area contributed by atoms with Crippen LogP contribution in [0.15, 0.2) is 65.6 Å². The van der Waals surface area contributed by atoms with Crippen LogP contribution < -0.4 is 4.72 Å². The Kier molecular flexibility index (Phi) is 5.25. The minimum absolute atomic E-state index is 0.881. The lowest BCUT2D eigenvalue weighted by Crippen LogP contribution is -1.99. The summed E-state index contributed by atoms with van der Waals surface area (Å²) in [6.45, 7) is 7.38. The van der Waals surface area contributed by atoms with Gasteiger partial charge in [0.2, 0.25) is 0 Å². The third-order valence-corrected chi connectivity index (χ3v) is 5.79. The van der Waals surface area contributed by atoms with Crippen LogP contribution in [0.4, 0.5) is 0 Å². The molecule has 0 fully saturated rings. The molecule has 142 valence electrons. The largest absolute Gasteiger partial charge is 0.324 e. The topological polar surface area (TPSA) is 29.9 Å². The van der Waals surface area contributed by atoms with Gasteiger partial charge in [0.1, 0.15) is 5.82 Å². The van der Waals surface area contributed by atoms with Crippen molar-refractivity contribution in [2.75, 3.05) is 7.05 Å². The van der Waals surface area contributed by atoms with Gasteiger partial charge in [-0.15, -0.1) is 0 Å². The Morgan fingerprint density at radius 1 is 0.929 bits per heavy atom. The fourth-order valence-electron chi connectivity index (χ4n) is 3.85. The highest BCUT2D eigenvalue weighted by molar-refractivity contribution is 7.97. The van der Waals surface area contributed by atoms with Crippen LogP contribution in [0, 0.1) is 13.8 Å². The number of imidazole rings is 1. The summed E-state index contributed by atoms with van der Waals surface area (Å²) in [7, 11) is 1.94. The number of nitrogens with zero attached hydrogens (tertiary/aromatic N) is 2. The van der Waals surface area contributed by atoms with E-state index in [2.05, 4.69) is 90.7 Å². The van der Waals surface area contributed by atoms with Gasteiger partial charge in [-0.2, -0.15) is 0 Å². The molecule has 3 nitrogen and oxygen atoms in total. The normalized spacial score (nSPS) is 11.3. The van der Waals surface area contributed by atoms with Crippen LogP contribution in [0.5, 0.6) is 0 Å². The van der Waals surface area contributed by atoms with Gasteiger partial charge in [0.15, 0.2) is 0 Å². The first-order valence-electron chi connectivity index (χ1n) is 9.63. The van der Waals surface area contributed by atoms with Gasteiger partial charge < -0.3 is 4.57 Å². The summed E-state index contributed by atoms with van der Waals surface area (Å²) < 4.78 is 5.45. The molecule has 0 aliphatic heterocycles. The second-order valence-electron chi connectivity index (χ2n) is 7.00. The van der Waals surface area contributed by atoms with E-state index in [9.17, 15) is 0 Å². The van der Waals surface area contributed by atoms with E-state index in [1.54, 1.807) is 11.9 Å². The van der Waals surface area contributed by atoms with Gasteiger partial charge in [-0.3, -0.25) is 4.72 Å². The molecule has 0 aliphatic carbocycles. The molecule has 0 unspecified atom stereocenters. The predicted molar refractivity (Wildman–Crippen MR) is 121 cm³/mol. The molecular weight excluding hydrogens is 362 g/mol. The van der Waals surface area contributed by atoms with E-state index in [-0.39, 0.29) is 0 Å². The lowest BCUT2D eigenvalue weighted by Gasteiger charge is -2.14. The van der Waals surface area contributed by atoms with Crippen LogP contribution >= 0.6 is 11.9 Å². The molecular formula is C24H25N3S. The zero-order valence-electron chi connectivity index (χ0n) is 16.8. The lowest BCUT2D eigenvalue weighted by molar-refractivity contribution is 0.796. The minimum Gasteiger partial charge on any atom is -0.324 e. The number of nitrogens with one attached hydrogen (secondary N) is 1. The summed E-state index contributed by atoms with van der Waals surface area (Å²) in [4.78, 5) is 6.22. The lowest BCUT2D eigenvalue weighted by atomic mass is 9.94. The number of hydrogen-bond donors (Lipinski definition) is 1. The van der Waals surface area contributed by atoms with Gasteiger partial charge in [-0.05, 0) is 74.7 Å². The molecule has 0 bridgehead atoms. The summed E-state index contributed by atoms with van der Waals surface area (Å²) in [6.07, 6.45) is 0. The molecule has 3 aromatic carbocycles. The summed E-state index contributed by atoms with van der Waals surface area (Å²) in [6, 6.07) is 21.7. The van der Waals surface area contributed by atoms with Gasteiger partial charge >= 0.3 is 0 Å². The average Bonchev–Trinajstić information content (AvgIpc) is 3.06. The SMILES string of the molecule is CCn1c(-c2ccccc2-c2ccc(C)cc2C)nc2cc(SNC)ccc21. The molecule has 0 aliphatic rings. The molecule has 0 radical (unpaired) electrons. The van der Waals surface area contributed by atoms with Crippen LogP contribution in [0.3, 0.4) is 0 Å². The van der Waals surface area contributed by atoms with Crippen molar-refractivity contribution < 1.29 is 0 Å². The number of aryl methyl sites for hydroxylation is 3. The fraction of sp³-hybridized carbons (Fsp3) is 0.208. The second kappa shape index (κ2) is 7.82. The first-order valence-corrected chi connectivity index (χ1v) is 10.4. The van der Waals surface area contributed by atoms with E-state index in [4.69, 9.17) is 4.98 Å². The summed E-state index contributed by atoms with van der Waals surface area (Å²) in [5.74, 6) is 1.03. The van der Waals surface area contributed by atoms with E-state index in [0.717, 1.165) is 17.9 Å². The maximum atomic E-state index is 5.05. The van der Waals surface area contributed by atoms with Crippen molar-refractivity contribution in [2.24, 2.45) is 0 Å². The standard InChI is InChI=1S/C24H25N3S/c1-5-27-23-13-11-18(28-25-4)15-22(23)26-24(27)21-9-7-6-8-20(21)19-12-10-16(2)14-17(19)3/h6-15,25H,5H2,1-4H3. The maximum Gasteiger partial charge on any atom is 0.141 e. The zero-order valence-corrected chi connectivity index (χ0v) is 17.6. The highest BCUT2D eigenvalue weighted by Gasteiger charge is 2.16. The Labute approximate surface area is 170 Å². The van der Waals surface area contributed by atoms with Gasteiger partial charge in [-0.1, -0.05) is 48.0 Å². The van der Waals surface area contributed by atoms with Crippen LogP contribution in [-0.4, -0.2) is 16.6 Å². The third kappa shape index (κ3) is 3.34. The third-order valence-electron chi connectivity index (χ3n) is 5.10. The molecule has 4 heteroatoms. The Balaban J connectivity index is 1.93. The van der Waals surface area contributed by atoms with Crippen molar-refractivity contribution in [3.63, 3.8) is 0 Å². The Morgan fingerprint density at radius 2 is 1.71 bits per heavy atom. The number of hydrogen-bond acceptors (Lipinski definition) is 3. The fourth-order valence-corrected chi connectivity index (χ4v) is 4.39. The summed E-state index contributed by atoms with van der Waals surface area (Å²) in [5, 5.41) is 0. The minimum atomic E-state index is 0.881. The number of fused-ring (bicyclic) bond motifs is 1. The molecule has 28 heavy (non-hydrogen) atoms. The molecule has 0 saturated heterocycles. The molecule has 1 heterocycles. The molecule has 0 spiro atoms. The van der Waals surface area contributed by atoms with Crippen LogP contribution in [0.2, 0.25) is 0 Å². The molecule has 0 saturated carbocycles. The monoisotopic (exact) mass is 387 g/mol. The Bertz CT molecular complexity index is 1140. The van der Waals surface area contributed by atoms with Crippen LogP contribution in [-0.2, 0) is 6.54 Å². The van der Waals surface area contributed by atoms with E-state index in [1.165, 1.54) is 38.2 Å². The van der Waals surface area contributed by atoms with Crippen molar-refractivity contribution in [1.82, 2.24) is 14.3 Å². The van der Waals surface area contributed by atoms with Gasteiger partial charge in [0.05, 0.1) is 11.0 Å². The quantitative estimate of drug-likeness (QED) is 0.411. The van der Waals surface area contributed by atoms with Crippen molar-refractivity contribution >= 4 is 23.0 Å². The Hall–Kier alpha value is -2.56. The van der Waals surface area contributed by atoms with Crippen LogP contribution in [0.1, 0.15) is 18.1 Å². The van der Waals surface area contributed by atoms with Crippen molar-refractivity contribution in [1.29, 1.82) is 0 Å². The maximum absolute atomic E-state index is 5.05. The van der Waals surface area contributed by atoms with E-state index < -0.39 is 0 Å². The molecule has 1 aromatic heterocycles. The zero-order chi connectivity index (χ0) is 19.7. The summed E-state index contributed by atoms with van der Waals surface area (Å²) >= 11 is 1.61. The highest BCUT2D eigenvalue weighted by atomic mass is 32.2. The van der Waals surface area contributed by atoms with Crippen LogP contribution in [0.25, 0.3) is 33.5 Å². The number of aromatic nitrogens is 2. The number of benzene rings is 3. The van der Waals surface area contributed by atoms with Crippen molar-refractivity contribution in [3.8, 4) is 22.5 Å². The van der Waals surface area contributed by atoms with Gasteiger partial charge in [0.25, 0.3) is 0 Å². The first-order chi connectivity index (χ1) is 13.6. The molecule has 0 amide bonds. The van der Waals surface area contributed by atoms with Gasteiger partial charge in [-0.25, -0.2) is 4.98 Å². The highest BCUT2D eigenvalue weighted by Crippen LogP contribution is 2.35. The smallest absolute Gasteiger partial charge is 0.141 e. The first kappa shape index (κ1) is 18.8. The predicted octanol–water partition coefficient (Wildman–Crippen LogP) is 6.23. The second-order valence-corrected chi connectivity index (χ2v) is 8.08. The van der Waals surface area contributed by atoms with Gasteiger partial charge in [0, 0.05) is 17.0 Å². The Morgan fingerprint density at radius 3 is 2.43 bits per heavy atom.